The van der Waals surface area contributed by atoms with E-state index in [1.54, 1.807) is 25.3 Å². The highest BCUT2D eigenvalue weighted by Gasteiger charge is 2.20. The average Bonchev–Trinajstić information content (AvgIpc) is 2.64. The Morgan fingerprint density at radius 1 is 0.889 bits per heavy atom. The van der Waals surface area contributed by atoms with Crippen molar-refractivity contribution in [1.82, 2.24) is 0 Å². The normalized spacial score (nSPS) is 10.5. The maximum Gasteiger partial charge on any atom is 0.308 e. The van der Waals surface area contributed by atoms with E-state index < -0.39 is 11.9 Å². The van der Waals surface area contributed by atoms with Crippen LogP contribution in [0.2, 0.25) is 0 Å². The standard InChI is InChI=1S/C22H20O5/c1-14(23)26-21-12-17-9-10-18(25-3)13-19(17)22(27-15(2)24)20(21)11-16-7-5-4-6-8-16/h4-10,12-13H,11H2,1-3H3. The first kappa shape index (κ1) is 18.5. The molecule has 0 heterocycles. The van der Waals surface area contributed by atoms with E-state index in [1.165, 1.54) is 13.8 Å². The molecule has 0 saturated heterocycles. The summed E-state index contributed by atoms with van der Waals surface area (Å²) in [6.45, 7) is 2.69. The first-order valence-corrected chi connectivity index (χ1v) is 8.52. The fourth-order valence-corrected chi connectivity index (χ4v) is 2.96. The lowest BCUT2D eigenvalue weighted by molar-refractivity contribution is -0.132. The van der Waals surface area contributed by atoms with Crippen LogP contribution in [0.1, 0.15) is 25.0 Å². The van der Waals surface area contributed by atoms with Crippen molar-refractivity contribution < 1.29 is 23.8 Å². The Kier molecular flexibility index (Phi) is 5.41. The predicted octanol–water partition coefficient (Wildman–Crippen LogP) is 4.29. The van der Waals surface area contributed by atoms with E-state index in [1.807, 2.05) is 36.4 Å². The van der Waals surface area contributed by atoms with Crippen LogP contribution in [-0.2, 0) is 16.0 Å². The minimum absolute atomic E-state index is 0.374. The van der Waals surface area contributed by atoms with Crippen molar-refractivity contribution in [2.45, 2.75) is 20.3 Å². The van der Waals surface area contributed by atoms with Crippen LogP contribution < -0.4 is 14.2 Å². The zero-order valence-corrected chi connectivity index (χ0v) is 15.4. The van der Waals surface area contributed by atoms with Gasteiger partial charge in [-0.1, -0.05) is 36.4 Å². The topological polar surface area (TPSA) is 61.8 Å². The molecule has 0 unspecified atom stereocenters. The van der Waals surface area contributed by atoms with Gasteiger partial charge in [0.25, 0.3) is 0 Å². The van der Waals surface area contributed by atoms with Crippen LogP contribution in [-0.4, -0.2) is 19.0 Å². The first-order chi connectivity index (χ1) is 13.0. The Labute approximate surface area is 157 Å². The van der Waals surface area contributed by atoms with Gasteiger partial charge in [0, 0.05) is 31.2 Å². The number of esters is 2. The van der Waals surface area contributed by atoms with E-state index in [0.717, 1.165) is 10.9 Å². The molecular formula is C22H20O5. The minimum Gasteiger partial charge on any atom is -0.497 e. The van der Waals surface area contributed by atoms with Crippen molar-refractivity contribution in [3.8, 4) is 17.2 Å². The summed E-state index contributed by atoms with van der Waals surface area (Å²) >= 11 is 0. The Morgan fingerprint density at radius 2 is 1.59 bits per heavy atom. The number of carbonyl (C=O) groups is 2. The van der Waals surface area contributed by atoms with Gasteiger partial charge >= 0.3 is 11.9 Å². The van der Waals surface area contributed by atoms with Crippen molar-refractivity contribution >= 4 is 22.7 Å². The molecule has 27 heavy (non-hydrogen) atoms. The third-order valence-corrected chi connectivity index (χ3v) is 4.09. The summed E-state index contributed by atoms with van der Waals surface area (Å²) in [7, 11) is 1.57. The second kappa shape index (κ2) is 7.91. The van der Waals surface area contributed by atoms with Gasteiger partial charge in [-0.15, -0.1) is 0 Å². The molecule has 0 aliphatic carbocycles. The SMILES string of the molecule is COc1ccc2cc(OC(C)=O)c(Cc3ccccc3)c(OC(C)=O)c2c1. The van der Waals surface area contributed by atoms with Crippen LogP contribution in [0.5, 0.6) is 17.2 Å². The van der Waals surface area contributed by atoms with Gasteiger partial charge in [0.2, 0.25) is 0 Å². The van der Waals surface area contributed by atoms with Crippen LogP contribution in [0.15, 0.2) is 54.6 Å². The van der Waals surface area contributed by atoms with E-state index in [9.17, 15) is 9.59 Å². The van der Waals surface area contributed by atoms with Crippen molar-refractivity contribution in [1.29, 1.82) is 0 Å². The molecule has 0 aliphatic rings. The summed E-state index contributed by atoms with van der Waals surface area (Å²) in [5, 5.41) is 1.49. The molecular weight excluding hydrogens is 344 g/mol. The highest BCUT2D eigenvalue weighted by molar-refractivity contribution is 5.95. The molecule has 0 bridgehead atoms. The van der Waals surface area contributed by atoms with E-state index in [4.69, 9.17) is 14.2 Å². The van der Waals surface area contributed by atoms with Gasteiger partial charge in [0.15, 0.2) is 0 Å². The van der Waals surface area contributed by atoms with E-state index in [-0.39, 0.29) is 0 Å². The molecule has 3 rings (SSSR count). The number of methoxy groups -OCH3 is 1. The zero-order chi connectivity index (χ0) is 19.4. The number of carbonyl (C=O) groups excluding carboxylic acids is 2. The molecule has 0 spiro atoms. The van der Waals surface area contributed by atoms with Gasteiger partial charge in [-0.2, -0.15) is 0 Å². The van der Waals surface area contributed by atoms with E-state index in [0.29, 0.717) is 34.6 Å². The predicted molar refractivity (Wildman–Crippen MR) is 102 cm³/mol. The van der Waals surface area contributed by atoms with E-state index >= 15 is 0 Å². The van der Waals surface area contributed by atoms with Gasteiger partial charge in [-0.3, -0.25) is 9.59 Å². The molecule has 138 valence electrons. The van der Waals surface area contributed by atoms with Crippen molar-refractivity contribution in [3.63, 3.8) is 0 Å². The summed E-state index contributed by atoms with van der Waals surface area (Å²) in [6, 6.07) is 16.9. The summed E-state index contributed by atoms with van der Waals surface area (Å²) in [4.78, 5) is 23.4. The van der Waals surface area contributed by atoms with E-state index in [2.05, 4.69) is 0 Å². The van der Waals surface area contributed by atoms with Gasteiger partial charge in [0.1, 0.15) is 17.2 Å². The maximum atomic E-state index is 11.8. The average molecular weight is 364 g/mol. The maximum absolute atomic E-state index is 11.8. The Hall–Kier alpha value is -3.34. The van der Waals surface area contributed by atoms with Crippen molar-refractivity contribution in [3.05, 3.63) is 65.7 Å². The summed E-state index contributed by atoms with van der Waals surface area (Å²) in [5.74, 6) is 0.500. The summed E-state index contributed by atoms with van der Waals surface area (Å²) < 4.78 is 16.3. The third-order valence-electron chi connectivity index (χ3n) is 4.09. The molecule has 0 aliphatic heterocycles. The third kappa shape index (κ3) is 4.26. The molecule has 5 heteroatoms. The Morgan fingerprint density at radius 3 is 2.22 bits per heavy atom. The van der Waals surface area contributed by atoms with Crippen LogP contribution in [0.4, 0.5) is 0 Å². The number of fused-ring (bicyclic) bond motifs is 1. The lowest BCUT2D eigenvalue weighted by atomic mass is 9.98. The first-order valence-electron chi connectivity index (χ1n) is 8.52. The number of rotatable bonds is 5. The minimum atomic E-state index is -0.451. The largest absolute Gasteiger partial charge is 0.497 e. The molecule has 0 atom stereocenters. The molecule has 0 saturated carbocycles. The lowest BCUT2D eigenvalue weighted by Crippen LogP contribution is -2.09. The molecule has 0 amide bonds. The smallest absolute Gasteiger partial charge is 0.308 e. The Balaban J connectivity index is 2.27. The van der Waals surface area contributed by atoms with Crippen LogP contribution in [0, 0.1) is 0 Å². The van der Waals surface area contributed by atoms with Gasteiger partial charge in [0.05, 0.1) is 7.11 Å². The fourth-order valence-electron chi connectivity index (χ4n) is 2.96. The number of hydrogen-bond acceptors (Lipinski definition) is 5. The zero-order valence-electron chi connectivity index (χ0n) is 15.4. The molecule has 0 fully saturated rings. The summed E-state index contributed by atoms with van der Waals surface area (Å²) in [5.41, 5.74) is 1.63. The number of ether oxygens (including phenoxy) is 3. The van der Waals surface area contributed by atoms with Gasteiger partial charge < -0.3 is 14.2 Å². The second-order valence-corrected chi connectivity index (χ2v) is 6.12. The monoisotopic (exact) mass is 364 g/mol. The van der Waals surface area contributed by atoms with Gasteiger partial charge in [-0.05, 0) is 29.1 Å². The lowest BCUT2D eigenvalue weighted by Gasteiger charge is -2.17. The van der Waals surface area contributed by atoms with Crippen molar-refractivity contribution in [2.75, 3.05) is 7.11 Å². The number of benzene rings is 3. The second-order valence-electron chi connectivity index (χ2n) is 6.12. The highest BCUT2D eigenvalue weighted by Crippen LogP contribution is 2.40. The van der Waals surface area contributed by atoms with Gasteiger partial charge in [-0.25, -0.2) is 0 Å². The quantitative estimate of drug-likeness (QED) is 0.499. The van der Waals surface area contributed by atoms with Crippen LogP contribution >= 0.6 is 0 Å². The molecule has 5 nitrogen and oxygen atoms in total. The molecule has 0 N–H and O–H groups in total. The highest BCUT2D eigenvalue weighted by atomic mass is 16.5. The molecule has 3 aromatic rings. The number of hydrogen-bond donors (Lipinski definition) is 0. The van der Waals surface area contributed by atoms with Crippen molar-refractivity contribution in [2.24, 2.45) is 0 Å². The molecule has 0 radical (unpaired) electrons. The summed E-state index contributed by atoms with van der Waals surface area (Å²) in [6.07, 6.45) is 0.444. The molecule has 3 aromatic carbocycles. The van der Waals surface area contributed by atoms with Crippen LogP contribution in [0.25, 0.3) is 10.8 Å². The van der Waals surface area contributed by atoms with Crippen LogP contribution in [0.3, 0.4) is 0 Å². The molecule has 0 aromatic heterocycles. The Bertz CT molecular complexity index is 993. The fraction of sp³-hybridized carbons (Fsp3) is 0.182.